The van der Waals surface area contributed by atoms with Crippen molar-refractivity contribution in [2.75, 3.05) is 0 Å². The molecule has 0 bridgehead atoms. The number of benzene rings is 3. The largest absolute Gasteiger partial charge is 0.489 e. The number of halogens is 2. The Morgan fingerprint density at radius 3 is 2.04 bits per heavy atom. The average Bonchev–Trinajstić information content (AvgIpc) is 2.70. The van der Waals surface area contributed by atoms with E-state index in [0.717, 1.165) is 11.1 Å². The second-order valence-corrected chi connectivity index (χ2v) is 6.08. The first-order valence-electron chi connectivity index (χ1n) is 8.62. The molecule has 1 amide bonds. The van der Waals surface area contributed by atoms with E-state index in [4.69, 9.17) is 4.74 Å². The van der Waals surface area contributed by atoms with Gasteiger partial charge in [0, 0.05) is 0 Å². The minimum Gasteiger partial charge on any atom is -0.489 e. The number of carbonyl (C=O) groups excluding carboxylic acids is 1. The highest BCUT2D eigenvalue weighted by atomic mass is 19.1. The normalized spacial score (nSPS) is 10.8. The maximum absolute atomic E-state index is 12.9. The van der Waals surface area contributed by atoms with Crippen LogP contribution < -0.4 is 10.2 Å². The summed E-state index contributed by atoms with van der Waals surface area (Å²) < 4.78 is 31.4. The van der Waals surface area contributed by atoms with Gasteiger partial charge in [0.25, 0.3) is 0 Å². The van der Waals surface area contributed by atoms with Gasteiger partial charge in [0.05, 0.1) is 12.6 Å². The first-order chi connectivity index (χ1) is 13.6. The Bertz CT molecular complexity index is 938. The Kier molecular flexibility index (Phi) is 6.46. The summed E-state index contributed by atoms with van der Waals surface area (Å²) in [7, 11) is 0. The fraction of sp³-hybridized carbons (Fsp3) is 0.0909. The van der Waals surface area contributed by atoms with Crippen LogP contribution in [0, 0.1) is 11.6 Å². The van der Waals surface area contributed by atoms with Crippen LogP contribution in [0.3, 0.4) is 0 Å². The molecule has 0 unspecified atom stereocenters. The van der Waals surface area contributed by atoms with Crippen LogP contribution in [0.1, 0.15) is 16.7 Å². The fourth-order valence-electron chi connectivity index (χ4n) is 2.40. The molecule has 3 aromatic carbocycles. The van der Waals surface area contributed by atoms with Crippen molar-refractivity contribution in [3.05, 3.63) is 101 Å². The predicted octanol–water partition coefficient (Wildman–Crippen LogP) is 4.24. The molecule has 0 aliphatic heterocycles. The van der Waals surface area contributed by atoms with Gasteiger partial charge >= 0.3 is 0 Å². The predicted molar refractivity (Wildman–Crippen MR) is 103 cm³/mol. The molecule has 6 heteroatoms. The number of carbonyl (C=O) groups is 1. The summed E-state index contributed by atoms with van der Waals surface area (Å²) in [5.41, 5.74) is 4.80. The van der Waals surface area contributed by atoms with Gasteiger partial charge in [-0.2, -0.15) is 5.10 Å². The number of ether oxygens (including phenoxy) is 1. The second-order valence-electron chi connectivity index (χ2n) is 6.08. The van der Waals surface area contributed by atoms with Gasteiger partial charge in [-0.15, -0.1) is 0 Å². The summed E-state index contributed by atoms with van der Waals surface area (Å²) in [6, 6.07) is 19.0. The fourth-order valence-corrected chi connectivity index (χ4v) is 2.40. The van der Waals surface area contributed by atoms with Crippen LogP contribution in [0.2, 0.25) is 0 Å². The third-order valence-corrected chi connectivity index (χ3v) is 3.88. The van der Waals surface area contributed by atoms with E-state index >= 15 is 0 Å². The Morgan fingerprint density at radius 2 is 1.43 bits per heavy atom. The third kappa shape index (κ3) is 6.02. The van der Waals surface area contributed by atoms with Crippen molar-refractivity contribution in [1.29, 1.82) is 0 Å². The van der Waals surface area contributed by atoms with E-state index in [2.05, 4.69) is 10.5 Å². The van der Waals surface area contributed by atoms with Crippen molar-refractivity contribution in [3.63, 3.8) is 0 Å². The van der Waals surface area contributed by atoms with E-state index in [1.165, 1.54) is 30.5 Å². The van der Waals surface area contributed by atoms with E-state index in [1.807, 2.05) is 0 Å². The Morgan fingerprint density at radius 1 is 0.857 bits per heavy atom. The van der Waals surface area contributed by atoms with Gasteiger partial charge in [0.2, 0.25) is 5.91 Å². The molecule has 0 aliphatic rings. The van der Waals surface area contributed by atoms with E-state index in [1.54, 1.807) is 48.5 Å². The van der Waals surface area contributed by atoms with Gasteiger partial charge in [-0.05, 0) is 65.2 Å². The number of nitrogens with zero attached hydrogens (tertiary/aromatic N) is 1. The van der Waals surface area contributed by atoms with Crippen molar-refractivity contribution < 1.29 is 18.3 Å². The highest BCUT2D eigenvalue weighted by molar-refractivity contribution is 5.83. The van der Waals surface area contributed by atoms with E-state index in [-0.39, 0.29) is 24.0 Å². The maximum atomic E-state index is 12.9. The zero-order valence-corrected chi connectivity index (χ0v) is 14.9. The summed E-state index contributed by atoms with van der Waals surface area (Å²) in [6.45, 7) is 0.340. The van der Waals surface area contributed by atoms with Gasteiger partial charge in [-0.3, -0.25) is 4.79 Å². The van der Waals surface area contributed by atoms with Crippen LogP contribution in [0.5, 0.6) is 5.75 Å². The van der Waals surface area contributed by atoms with Crippen LogP contribution in [0.15, 0.2) is 77.9 Å². The summed E-state index contributed by atoms with van der Waals surface area (Å²) >= 11 is 0. The molecule has 0 aromatic heterocycles. The Balaban J connectivity index is 1.45. The molecule has 1 N–H and O–H groups in total. The molecule has 0 saturated heterocycles. The molecule has 0 atom stereocenters. The van der Waals surface area contributed by atoms with Crippen molar-refractivity contribution in [2.24, 2.45) is 5.10 Å². The lowest BCUT2D eigenvalue weighted by Crippen LogP contribution is -2.19. The summed E-state index contributed by atoms with van der Waals surface area (Å²) in [5.74, 6) is -0.242. The molecule has 0 spiro atoms. The highest BCUT2D eigenvalue weighted by Gasteiger charge is 2.02. The molecular weight excluding hydrogens is 362 g/mol. The number of hydrogen-bond acceptors (Lipinski definition) is 3. The van der Waals surface area contributed by atoms with Gasteiger partial charge in [0.1, 0.15) is 24.0 Å². The van der Waals surface area contributed by atoms with Gasteiger partial charge in [0.15, 0.2) is 0 Å². The van der Waals surface area contributed by atoms with Crippen LogP contribution in [-0.4, -0.2) is 12.1 Å². The van der Waals surface area contributed by atoms with Gasteiger partial charge in [-0.1, -0.05) is 24.3 Å². The molecule has 0 saturated carbocycles. The summed E-state index contributed by atoms with van der Waals surface area (Å²) in [4.78, 5) is 11.8. The minimum absolute atomic E-state index is 0.119. The van der Waals surface area contributed by atoms with Crippen molar-refractivity contribution in [2.45, 2.75) is 13.0 Å². The zero-order chi connectivity index (χ0) is 19.8. The quantitative estimate of drug-likeness (QED) is 0.492. The lowest BCUT2D eigenvalue weighted by atomic mass is 10.1. The smallest absolute Gasteiger partial charge is 0.244 e. The molecule has 0 radical (unpaired) electrons. The molecule has 4 nitrogen and oxygen atoms in total. The molecule has 0 heterocycles. The van der Waals surface area contributed by atoms with E-state index in [0.29, 0.717) is 17.9 Å². The Hall–Kier alpha value is -3.54. The van der Waals surface area contributed by atoms with Crippen molar-refractivity contribution in [3.8, 4) is 5.75 Å². The number of hydrogen-bond donors (Lipinski definition) is 1. The number of nitrogens with one attached hydrogen (secondary N) is 1. The Labute approximate surface area is 161 Å². The summed E-state index contributed by atoms with van der Waals surface area (Å²) in [5, 5.41) is 3.91. The summed E-state index contributed by atoms with van der Waals surface area (Å²) in [6.07, 6.45) is 1.64. The van der Waals surface area contributed by atoms with Crippen LogP contribution in [-0.2, 0) is 17.8 Å². The third-order valence-electron chi connectivity index (χ3n) is 3.88. The molecule has 142 valence electrons. The first-order valence-corrected chi connectivity index (χ1v) is 8.62. The van der Waals surface area contributed by atoms with Crippen molar-refractivity contribution in [1.82, 2.24) is 5.43 Å². The average molecular weight is 380 g/mol. The highest BCUT2D eigenvalue weighted by Crippen LogP contribution is 2.14. The molecule has 3 aromatic rings. The first kappa shape index (κ1) is 19.2. The monoisotopic (exact) mass is 380 g/mol. The van der Waals surface area contributed by atoms with E-state index < -0.39 is 0 Å². The maximum Gasteiger partial charge on any atom is 0.244 e. The van der Waals surface area contributed by atoms with Crippen LogP contribution in [0.25, 0.3) is 0 Å². The topological polar surface area (TPSA) is 50.7 Å². The van der Waals surface area contributed by atoms with E-state index in [9.17, 15) is 13.6 Å². The minimum atomic E-state index is -0.340. The molecule has 28 heavy (non-hydrogen) atoms. The zero-order valence-electron chi connectivity index (χ0n) is 14.9. The lowest BCUT2D eigenvalue weighted by molar-refractivity contribution is -0.120. The number of hydrazone groups is 1. The molecule has 0 aliphatic carbocycles. The van der Waals surface area contributed by atoms with Gasteiger partial charge < -0.3 is 4.74 Å². The van der Waals surface area contributed by atoms with Crippen LogP contribution >= 0.6 is 0 Å². The molecule has 3 rings (SSSR count). The lowest BCUT2D eigenvalue weighted by Gasteiger charge is -2.06. The molecular formula is C22H18F2N2O2. The number of amides is 1. The second kappa shape index (κ2) is 9.41. The standard InChI is InChI=1S/C22H18F2N2O2/c23-19-7-1-16(2-8-19)13-22(27)26-25-14-17-5-11-21(12-6-17)28-15-18-3-9-20(24)10-4-18/h1-12,14H,13,15H2,(H,26,27)/b25-14+. The number of rotatable bonds is 7. The van der Waals surface area contributed by atoms with Crippen LogP contribution in [0.4, 0.5) is 8.78 Å². The molecule has 0 fully saturated rings. The SMILES string of the molecule is O=C(Cc1ccc(F)cc1)N/N=C/c1ccc(OCc2ccc(F)cc2)cc1. The van der Waals surface area contributed by atoms with Crippen molar-refractivity contribution >= 4 is 12.1 Å². The van der Waals surface area contributed by atoms with Gasteiger partial charge in [-0.25, -0.2) is 14.2 Å².